The quantitative estimate of drug-likeness (QED) is 0.524. The standard InChI is InChI=1S/C21H23N3O2S/c1-14(2)12-22-19(25)13-27-21-23-18-7-5-4-6-17(18)20(26)24(21)16-10-8-15(3)9-11-16/h4-11,14H,12-13H2,1-3H3,(H,22,25). The molecule has 0 atom stereocenters. The lowest BCUT2D eigenvalue weighted by Gasteiger charge is -2.13. The first-order valence-electron chi connectivity index (χ1n) is 8.94. The smallest absolute Gasteiger partial charge is 0.266 e. The number of fused-ring (bicyclic) bond motifs is 1. The Morgan fingerprint density at radius 2 is 1.85 bits per heavy atom. The van der Waals surface area contributed by atoms with Gasteiger partial charge in [-0.2, -0.15) is 0 Å². The van der Waals surface area contributed by atoms with Crippen LogP contribution in [-0.2, 0) is 4.79 Å². The SMILES string of the molecule is Cc1ccc(-n2c(SCC(=O)NCC(C)C)nc3ccccc3c2=O)cc1. The number of hydrogen-bond donors (Lipinski definition) is 1. The number of aryl methyl sites for hydroxylation is 1. The molecule has 0 bridgehead atoms. The molecule has 1 amide bonds. The zero-order valence-electron chi connectivity index (χ0n) is 15.7. The number of amides is 1. The molecule has 0 aliphatic heterocycles. The Bertz CT molecular complexity index is 1010. The molecule has 0 aliphatic rings. The van der Waals surface area contributed by atoms with E-state index in [1.165, 1.54) is 11.8 Å². The molecule has 1 aromatic heterocycles. The number of carbonyl (C=O) groups is 1. The third kappa shape index (κ3) is 4.57. The number of aromatic nitrogens is 2. The Labute approximate surface area is 162 Å². The number of para-hydroxylation sites is 1. The van der Waals surface area contributed by atoms with E-state index in [4.69, 9.17) is 0 Å². The minimum atomic E-state index is -0.130. The molecular formula is C21H23N3O2S. The predicted octanol–water partition coefficient (Wildman–Crippen LogP) is 3.56. The lowest BCUT2D eigenvalue weighted by molar-refractivity contribution is -0.118. The van der Waals surface area contributed by atoms with E-state index in [0.717, 1.165) is 11.3 Å². The minimum absolute atomic E-state index is 0.0634. The van der Waals surface area contributed by atoms with Gasteiger partial charge in [-0.1, -0.05) is 55.4 Å². The van der Waals surface area contributed by atoms with Crippen molar-refractivity contribution in [2.75, 3.05) is 12.3 Å². The molecule has 140 valence electrons. The van der Waals surface area contributed by atoms with Crippen molar-refractivity contribution in [2.24, 2.45) is 5.92 Å². The molecule has 6 heteroatoms. The molecule has 27 heavy (non-hydrogen) atoms. The molecule has 0 radical (unpaired) electrons. The Hall–Kier alpha value is -2.60. The van der Waals surface area contributed by atoms with Crippen LogP contribution >= 0.6 is 11.8 Å². The molecule has 0 saturated heterocycles. The number of rotatable bonds is 6. The number of thioether (sulfide) groups is 1. The summed E-state index contributed by atoms with van der Waals surface area (Å²) in [7, 11) is 0. The van der Waals surface area contributed by atoms with Gasteiger partial charge in [0.25, 0.3) is 5.56 Å². The van der Waals surface area contributed by atoms with E-state index >= 15 is 0 Å². The van der Waals surface area contributed by atoms with Crippen LogP contribution in [0.1, 0.15) is 19.4 Å². The van der Waals surface area contributed by atoms with Gasteiger partial charge in [0.2, 0.25) is 5.91 Å². The second-order valence-electron chi connectivity index (χ2n) is 6.87. The van der Waals surface area contributed by atoms with Crippen LogP contribution < -0.4 is 10.9 Å². The van der Waals surface area contributed by atoms with Crippen molar-refractivity contribution in [2.45, 2.75) is 25.9 Å². The van der Waals surface area contributed by atoms with Gasteiger partial charge in [0, 0.05) is 6.54 Å². The highest BCUT2D eigenvalue weighted by Gasteiger charge is 2.14. The molecule has 0 fully saturated rings. The van der Waals surface area contributed by atoms with Crippen molar-refractivity contribution in [3.05, 3.63) is 64.4 Å². The zero-order chi connectivity index (χ0) is 19.4. The maximum absolute atomic E-state index is 13.1. The van der Waals surface area contributed by atoms with Crippen molar-refractivity contribution in [1.29, 1.82) is 0 Å². The Balaban J connectivity index is 1.99. The highest BCUT2D eigenvalue weighted by Crippen LogP contribution is 2.21. The molecule has 0 spiro atoms. The fraction of sp³-hybridized carbons (Fsp3) is 0.286. The summed E-state index contributed by atoms with van der Waals surface area (Å²) in [5.41, 5.74) is 2.36. The first-order chi connectivity index (χ1) is 13.0. The fourth-order valence-electron chi connectivity index (χ4n) is 2.63. The van der Waals surface area contributed by atoms with E-state index in [1.54, 1.807) is 10.6 Å². The molecule has 3 rings (SSSR count). The van der Waals surface area contributed by atoms with Gasteiger partial charge in [-0.3, -0.25) is 14.2 Å². The Kier molecular flexibility index (Phi) is 5.96. The van der Waals surface area contributed by atoms with Crippen LogP contribution in [-0.4, -0.2) is 27.8 Å². The molecule has 5 nitrogen and oxygen atoms in total. The molecule has 0 unspecified atom stereocenters. The van der Waals surface area contributed by atoms with Gasteiger partial charge in [0.05, 0.1) is 22.3 Å². The van der Waals surface area contributed by atoms with Crippen molar-refractivity contribution in [3.63, 3.8) is 0 Å². The summed E-state index contributed by atoms with van der Waals surface area (Å²) in [6.07, 6.45) is 0. The molecule has 1 N–H and O–H groups in total. The van der Waals surface area contributed by atoms with Crippen LogP contribution in [0.4, 0.5) is 0 Å². The number of nitrogens with one attached hydrogen (secondary N) is 1. The topological polar surface area (TPSA) is 64.0 Å². The third-order valence-corrected chi connectivity index (χ3v) is 5.02. The van der Waals surface area contributed by atoms with Crippen LogP contribution in [0.3, 0.4) is 0 Å². The van der Waals surface area contributed by atoms with Crippen molar-refractivity contribution < 1.29 is 4.79 Å². The summed E-state index contributed by atoms with van der Waals surface area (Å²) in [6, 6.07) is 15.0. The zero-order valence-corrected chi connectivity index (χ0v) is 16.5. The van der Waals surface area contributed by atoms with Crippen LogP contribution in [0.2, 0.25) is 0 Å². The largest absolute Gasteiger partial charge is 0.355 e. The molecule has 3 aromatic rings. The maximum Gasteiger partial charge on any atom is 0.266 e. The number of nitrogens with zero attached hydrogens (tertiary/aromatic N) is 2. The highest BCUT2D eigenvalue weighted by molar-refractivity contribution is 7.99. The molecule has 2 aromatic carbocycles. The van der Waals surface area contributed by atoms with Gasteiger partial charge in [0.1, 0.15) is 0 Å². The van der Waals surface area contributed by atoms with E-state index in [0.29, 0.717) is 28.5 Å². The first kappa shape index (κ1) is 19.2. The predicted molar refractivity (Wildman–Crippen MR) is 111 cm³/mol. The van der Waals surface area contributed by atoms with Gasteiger partial charge in [0.15, 0.2) is 5.16 Å². The minimum Gasteiger partial charge on any atom is -0.355 e. The van der Waals surface area contributed by atoms with Crippen molar-refractivity contribution >= 4 is 28.6 Å². The number of hydrogen-bond acceptors (Lipinski definition) is 4. The summed E-state index contributed by atoms with van der Waals surface area (Å²) in [5, 5.41) is 3.97. The second kappa shape index (κ2) is 8.39. The second-order valence-corrected chi connectivity index (χ2v) is 7.82. The number of benzene rings is 2. The van der Waals surface area contributed by atoms with Gasteiger partial charge in [-0.25, -0.2) is 4.98 Å². The number of carbonyl (C=O) groups excluding carboxylic acids is 1. The van der Waals surface area contributed by atoms with E-state index < -0.39 is 0 Å². The summed E-state index contributed by atoms with van der Waals surface area (Å²) in [4.78, 5) is 29.9. The average molecular weight is 382 g/mol. The van der Waals surface area contributed by atoms with E-state index in [9.17, 15) is 9.59 Å². The lowest BCUT2D eigenvalue weighted by Crippen LogP contribution is -2.29. The highest BCUT2D eigenvalue weighted by atomic mass is 32.2. The van der Waals surface area contributed by atoms with Crippen LogP contribution in [0, 0.1) is 12.8 Å². The van der Waals surface area contributed by atoms with Crippen LogP contribution in [0.25, 0.3) is 16.6 Å². The average Bonchev–Trinajstić information content (AvgIpc) is 2.66. The normalized spacial score (nSPS) is 11.1. The monoisotopic (exact) mass is 381 g/mol. The maximum atomic E-state index is 13.1. The summed E-state index contributed by atoms with van der Waals surface area (Å²) >= 11 is 1.27. The Morgan fingerprint density at radius 3 is 2.56 bits per heavy atom. The van der Waals surface area contributed by atoms with Crippen molar-refractivity contribution in [1.82, 2.24) is 14.9 Å². The lowest BCUT2D eigenvalue weighted by atomic mass is 10.2. The van der Waals surface area contributed by atoms with Crippen LogP contribution in [0.5, 0.6) is 0 Å². The molecule has 0 saturated carbocycles. The molecule has 1 heterocycles. The van der Waals surface area contributed by atoms with Crippen molar-refractivity contribution in [3.8, 4) is 5.69 Å². The Morgan fingerprint density at radius 1 is 1.15 bits per heavy atom. The van der Waals surface area contributed by atoms with E-state index in [1.807, 2.05) is 63.2 Å². The third-order valence-electron chi connectivity index (χ3n) is 4.08. The molecule has 0 aliphatic carbocycles. The summed E-state index contributed by atoms with van der Waals surface area (Å²) in [6.45, 7) is 6.73. The molecular weight excluding hydrogens is 358 g/mol. The van der Waals surface area contributed by atoms with Gasteiger partial charge < -0.3 is 5.32 Å². The summed E-state index contributed by atoms with van der Waals surface area (Å²) < 4.78 is 1.59. The first-order valence-corrected chi connectivity index (χ1v) is 9.92. The van der Waals surface area contributed by atoms with Gasteiger partial charge >= 0.3 is 0 Å². The van der Waals surface area contributed by atoms with E-state index in [2.05, 4.69) is 10.3 Å². The van der Waals surface area contributed by atoms with Gasteiger partial charge in [-0.05, 0) is 37.1 Å². The van der Waals surface area contributed by atoms with Crippen LogP contribution in [0.15, 0.2) is 58.5 Å². The summed E-state index contributed by atoms with van der Waals surface area (Å²) in [5.74, 6) is 0.540. The van der Waals surface area contributed by atoms with E-state index in [-0.39, 0.29) is 17.2 Å². The van der Waals surface area contributed by atoms with Gasteiger partial charge in [-0.15, -0.1) is 0 Å². The fourth-order valence-corrected chi connectivity index (χ4v) is 3.47.